The first-order valence-corrected chi connectivity index (χ1v) is 8.19. The van der Waals surface area contributed by atoms with Gasteiger partial charge in [0, 0.05) is 18.4 Å². The van der Waals surface area contributed by atoms with Crippen LogP contribution in [0.3, 0.4) is 0 Å². The summed E-state index contributed by atoms with van der Waals surface area (Å²) in [6, 6.07) is 4.18. The van der Waals surface area contributed by atoms with E-state index in [1.165, 1.54) is 0 Å². The fourth-order valence-corrected chi connectivity index (χ4v) is 3.32. The normalized spacial score (nSPS) is 15.2. The topological polar surface area (TPSA) is 92.1 Å². The smallest absolute Gasteiger partial charge is 0.274 e. The van der Waals surface area contributed by atoms with Crippen molar-refractivity contribution in [3.63, 3.8) is 0 Å². The van der Waals surface area contributed by atoms with Crippen LogP contribution in [0.1, 0.15) is 47.6 Å². The lowest BCUT2D eigenvalue weighted by atomic mass is 10.2. The number of aromatic nitrogens is 6. The third kappa shape index (κ3) is 2.75. The van der Waals surface area contributed by atoms with Gasteiger partial charge in [-0.15, -0.1) is 10.2 Å². The summed E-state index contributed by atoms with van der Waals surface area (Å²) in [6.07, 6.45) is 8.02. The van der Waals surface area contributed by atoms with Crippen LogP contribution in [0.4, 0.5) is 0 Å². The van der Waals surface area contributed by atoms with Crippen LogP contribution in [-0.2, 0) is 6.54 Å². The average molecular weight is 325 g/mol. The molecule has 0 unspecified atom stereocenters. The molecule has 3 aromatic heterocycles. The van der Waals surface area contributed by atoms with Gasteiger partial charge in [0.2, 0.25) is 0 Å². The number of pyridine rings is 1. The van der Waals surface area contributed by atoms with Crippen molar-refractivity contribution in [2.24, 2.45) is 0 Å². The zero-order chi connectivity index (χ0) is 16.5. The highest BCUT2D eigenvalue weighted by Gasteiger charge is 2.29. The van der Waals surface area contributed by atoms with Crippen LogP contribution >= 0.6 is 0 Å². The van der Waals surface area contributed by atoms with E-state index in [-0.39, 0.29) is 11.9 Å². The Labute approximate surface area is 138 Å². The maximum absolute atomic E-state index is 13.1. The molecule has 1 aliphatic rings. The molecule has 3 aromatic rings. The number of tetrazole rings is 1. The second-order valence-corrected chi connectivity index (χ2v) is 6.30. The van der Waals surface area contributed by atoms with E-state index in [1.54, 1.807) is 6.20 Å². The lowest BCUT2D eigenvalue weighted by Crippen LogP contribution is -2.38. The summed E-state index contributed by atoms with van der Waals surface area (Å²) >= 11 is 0. The predicted octanol–water partition coefficient (Wildman–Crippen LogP) is 1.74. The summed E-state index contributed by atoms with van der Waals surface area (Å²) < 4.78 is 1.88. The fraction of sp³-hybridized carbons (Fsp3) is 0.438. The first-order chi connectivity index (χ1) is 11.7. The largest absolute Gasteiger partial charge is 0.327 e. The molecule has 124 valence electrons. The van der Waals surface area contributed by atoms with E-state index in [2.05, 4.69) is 25.6 Å². The minimum Gasteiger partial charge on any atom is -0.327 e. The van der Waals surface area contributed by atoms with Crippen molar-refractivity contribution >= 4 is 11.6 Å². The number of carbonyl (C=O) groups excluding carboxylic acids is 1. The van der Waals surface area contributed by atoms with Gasteiger partial charge in [0.25, 0.3) is 5.91 Å². The van der Waals surface area contributed by atoms with Crippen LogP contribution in [0.2, 0.25) is 0 Å². The Balaban J connectivity index is 1.65. The zero-order valence-corrected chi connectivity index (χ0v) is 13.5. The van der Waals surface area contributed by atoms with Crippen molar-refractivity contribution in [2.45, 2.75) is 45.2 Å². The van der Waals surface area contributed by atoms with Gasteiger partial charge in [0.1, 0.15) is 11.3 Å². The van der Waals surface area contributed by atoms with Gasteiger partial charge in [-0.3, -0.25) is 4.79 Å². The van der Waals surface area contributed by atoms with Gasteiger partial charge in [0.05, 0.1) is 6.54 Å². The molecular formula is C16H19N7O. The molecule has 8 nitrogen and oxygen atoms in total. The maximum Gasteiger partial charge on any atom is 0.274 e. The number of aromatic amines is 1. The van der Waals surface area contributed by atoms with Crippen LogP contribution in [0.15, 0.2) is 24.5 Å². The van der Waals surface area contributed by atoms with Crippen molar-refractivity contribution in [1.29, 1.82) is 0 Å². The molecule has 0 spiro atoms. The van der Waals surface area contributed by atoms with Crippen molar-refractivity contribution in [3.8, 4) is 0 Å². The predicted molar refractivity (Wildman–Crippen MR) is 86.2 cm³/mol. The van der Waals surface area contributed by atoms with E-state index in [1.807, 2.05) is 34.6 Å². The molecule has 0 saturated heterocycles. The van der Waals surface area contributed by atoms with Gasteiger partial charge in [-0.1, -0.05) is 18.1 Å². The minimum absolute atomic E-state index is 0.0759. The van der Waals surface area contributed by atoms with E-state index in [0.717, 1.165) is 36.9 Å². The molecule has 8 heteroatoms. The summed E-state index contributed by atoms with van der Waals surface area (Å²) in [6.45, 7) is 2.37. The highest BCUT2D eigenvalue weighted by atomic mass is 16.2. The van der Waals surface area contributed by atoms with Crippen LogP contribution < -0.4 is 0 Å². The highest BCUT2D eigenvalue weighted by molar-refractivity contribution is 5.93. The van der Waals surface area contributed by atoms with Crippen LogP contribution in [0.25, 0.3) is 5.65 Å². The number of rotatable bonds is 4. The molecule has 1 saturated carbocycles. The Kier molecular flexibility index (Phi) is 3.72. The molecule has 0 aromatic carbocycles. The fourth-order valence-electron chi connectivity index (χ4n) is 3.32. The Morgan fingerprint density at radius 1 is 1.42 bits per heavy atom. The van der Waals surface area contributed by atoms with Gasteiger partial charge in [-0.2, -0.15) is 5.21 Å². The van der Waals surface area contributed by atoms with Gasteiger partial charge in [-0.25, -0.2) is 4.98 Å². The number of hydrogen-bond donors (Lipinski definition) is 1. The quantitative estimate of drug-likeness (QED) is 0.789. The van der Waals surface area contributed by atoms with Crippen molar-refractivity contribution in [3.05, 3.63) is 41.6 Å². The molecule has 0 aliphatic heterocycles. The van der Waals surface area contributed by atoms with Crippen molar-refractivity contribution < 1.29 is 4.79 Å². The third-order valence-corrected chi connectivity index (χ3v) is 4.56. The summed E-state index contributed by atoms with van der Waals surface area (Å²) in [5.41, 5.74) is 2.35. The molecular weight excluding hydrogens is 306 g/mol. The van der Waals surface area contributed by atoms with Crippen molar-refractivity contribution in [1.82, 2.24) is 34.9 Å². The Bertz CT molecular complexity index is 849. The number of carbonyl (C=O) groups is 1. The van der Waals surface area contributed by atoms with E-state index < -0.39 is 0 Å². The molecule has 1 amide bonds. The number of H-pyrrole nitrogens is 1. The maximum atomic E-state index is 13.1. The van der Waals surface area contributed by atoms with Crippen molar-refractivity contribution in [2.75, 3.05) is 0 Å². The molecule has 3 heterocycles. The average Bonchev–Trinajstić information content (AvgIpc) is 3.31. The van der Waals surface area contributed by atoms with Gasteiger partial charge in [-0.05, 0) is 37.5 Å². The zero-order valence-electron chi connectivity index (χ0n) is 13.5. The van der Waals surface area contributed by atoms with Gasteiger partial charge in [0.15, 0.2) is 5.82 Å². The van der Waals surface area contributed by atoms with Crippen LogP contribution in [0.5, 0.6) is 0 Å². The first-order valence-electron chi connectivity index (χ1n) is 8.19. The Morgan fingerprint density at radius 3 is 3.00 bits per heavy atom. The Morgan fingerprint density at radius 2 is 2.25 bits per heavy atom. The minimum atomic E-state index is -0.0759. The number of aryl methyl sites for hydroxylation is 1. The number of fused-ring (bicyclic) bond motifs is 1. The van der Waals surface area contributed by atoms with Gasteiger partial charge < -0.3 is 9.30 Å². The molecule has 0 atom stereocenters. The summed E-state index contributed by atoms with van der Waals surface area (Å²) in [4.78, 5) is 19.4. The lowest BCUT2D eigenvalue weighted by Gasteiger charge is -2.27. The van der Waals surface area contributed by atoms with E-state index in [4.69, 9.17) is 0 Å². The first kappa shape index (κ1) is 14.8. The van der Waals surface area contributed by atoms with E-state index >= 15 is 0 Å². The highest BCUT2D eigenvalue weighted by Crippen LogP contribution is 2.26. The SMILES string of the molecule is Cc1ccn2cc(C(=O)N(Cc3nn[nH]n3)C3CCCC3)nc2c1. The molecule has 1 aliphatic carbocycles. The number of nitrogens with one attached hydrogen (secondary N) is 1. The Hall–Kier alpha value is -2.77. The summed E-state index contributed by atoms with van der Waals surface area (Å²) in [5.74, 6) is 0.447. The molecule has 0 radical (unpaired) electrons. The number of hydrogen-bond acceptors (Lipinski definition) is 5. The lowest BCUT2D eigenvalue weighted by molar-refractivity contribution is 0.0653. The van der Waals surface area contributed by atoms with Crippen LogP contribution in [0, 0.1) is 6.92 Å². The number of amides is 1. The molecule has 4 rings (SSSR count). The van der Waals surface area contributed by atoms with E-state index in [9.17, 15) is 4.79 Å². The number of imidazole rings is 1. The standard InChI is InChI=1S/C16H19N7O/c1-11-6-7-22-9-13(17-15(22)8-11)16(24)23(12-4-2-3-5-12)10-14-18-20-21-19-14/h6-9,12H,2-5,10H2,1H3,(H,18,19,20,21). The molecule has 24 heavy (non-hydrogen) atoms. The van der Waals surface area contributed by atoms with Gasteiger partial charge >= 0.3 is 0 Å². The summed E-state index contributed by atoms with van der Waals surface area (Å²) in [5, 5.41) is 14.0. The van der Waals surface area contributed by atoms with E-state index in [0.29, 0.717) is 18.1 Å². The third-order valence-electron chi connectivity index (χ3n) is 4.56. The number of nitrogens with zero attached hydrogens (tertiary/aromatic N) is 6. The second kappa shape index (κ2) is 6.03. The molecule has 0 bridgehead atoms. The summed E-state index contributed by atoms with van der Waals surface area (Å²) in [7, 11) is 0. The molecule has 1 fully saturated rings. The second-order valence-electron chi connectivity index (χ2n) is 6.30. The molecule has 1 N–H and O–H groups in total. The monoisotopic (exact) mass is 325 g/mol. The van der Waals surface area contributed by atoms with Crippen LogP contribution in [-0.4, -0.2) is 46.9 Å².